The molecule has 23 heavy (non-hydrogen) atoms. The lowest BCUT2D eigenvalue weighted by molar-refractivity contribution is 0.0449. The van der Waals surface area contributed by atoms with E-state index in [0.717, 1.165) is 26.1 Å². The summed E-state index contributed by atoms with van der Waals surface area (Å²) in [7, 11) is 3.76. The largest absolute Gasteiger partial charge is 0.469 e. The smallest absolute Gasteiger partial charge is 0.257 e. The lowest BCUT2D eigenvalue weighted by Crippen LogP contribution is -2.47. The van der Waals surface area contributed by atoms with Crippen LogP contribution in [-0.4, -0.2) is 74.4 Å². The highest BCUT2D eigenvalue weighted by molar-refractivity contribution is 5.95. The van der Waals surface area contributed by atoms with Gasteiger partial charge in [-0.15, -0.1) is 0 Å². The number of ether oxygens (including phenoxy) is 1. The number of carbonyl (C=O) groups excluding carboxylic acids is 1. The van der Waals surface area contributed by atoms with Crippen LogP contribution in [0.3, 0.4) is 0 Å². The zero-order valence-corrected chi connectivity index (χ0v) is 14.3. The van der Waals surface area contributed by atoms with Gasteiger partial charge >= 0.3 is 0 Å². The van der Waals surface area contributed by atoms with Gasteiger partial charge in [-0.05, 0) is 38.3 Å². The number of hydrogen-bond donors (Lipinski definition) is 1. The second-order valence-corrected chi connectivity index (χ2v) is 6.51. The molecule has 1 fully saturated rings. The number of aliphatic hydroxyl groups is 1. The molecular weight excluding hydrogens is 296 g/mol. The molecule has 6 heteroatoms. The summed E-state index contributed by atoms with van der Waals surface area (Å²) in [5, 5.41) is 9.58. The van der Waals surface area contributed by atoms with E-state index in [2.05, 4.69) is 11.9 Å². The third-order valence-electron chi connectivity index (χ3n) is 4.51. The molecule has 1 aliphatic heterocycles. The predicted octanol–water partition coefficient (Wildman–Crippen LogP) is 1.24. The molecule has 1 N–H and O–H groups in total. The Kier molecular flexibility index (Phi) is 6.62. The number of aliphatic hydroxyl groups excluding tert-OH is 1. The molecule has 2 rings (SSSR count). The number of likely N-dealkylation sites (tertiary alicyclic amines) is 1. The lowest BCUT2D eigenvalue weighted by atomic mass is 9.89. The first-order chi connectivity index (χ1) is 11.0. The minimum absolute atomic E-state index is 0.000977. The van der Waals surface area contributed by atoms with Crippen molar-refractivity contribution in [1.29, 1.82) is 0 Å². The van der Waals surface area contributed by atoms with Crippen LogP contribution in [0.5, 0.6) is 0 Å². The maximum Gasteiger partial charge on any atom is 0.257 e. The Morgan fingerprint density at radius 2 is 2.22 bits per heavy atom. The molecule has 0 aliphatic carbocycles. The number of aryl methyl sites for hydroxylation is 1. The average molecular weight is 324 g/mol. The number of likely N-dealkylation sites (N-methyl/N-ethyl adjacent to an activating group) is 1. The Hall–Kier alpha value is -1.37. The van der Waals surface area contributed by atoms with Crippen molar-refractivity contribution in [2.24, 2.45) is 11.8 Å². The van der Waals surface area contributed by atoms with E-state index < -0.39 is 0 Å². The van der Waals surface area contributed by atoms with E-state index in [1.54, 1.807) is 26.4 Å². The van der Waals surface area contributed by atoms with Gasteiger partial charge in [0.05, 0.1) is 18.4 Å². The van der Waals surface area contributed by atoms with E-state index in [4.69, 9.17) is 9.15 Å². The summed E-state index contributed by atoms with van der Waals surface area (Å²) in [5.41, 5.74) is 0.620. The van der Waals surface area contributed by atoms with Crippen molar-refractivity contribution in [3.05, 3.63) is 23.7 Å². The second-order valence-electron chi connectivity index (χ2n) is 6.51. The Morgan fingerprint density at radius 1 is 1.48 bits per heavy atom. The molecule has 1 aromatic heterocycles. The summed E-state index contributed by atoms with van der Waals surface area (Å²) in [4.78, 5) is 16.8. The van der Waals surface area contributed by atoms with Gasteiger partial charge in [0.15, 0.2) is 0 Å². The molecule has 130 valence electrons. The molecule has 1 amide bonds. The SMILES string of the molecule is COCCN(C)C[C@@H]1C[C@H](CO)CN(C(=O)c2ccoc2C)C1. The van der Waals surface area contributed by atoms with E-state index in [1.165, 1.54) is 0 Å². The fourth-order valence-corrected chi connectivity index (χ4v) is 3.31. The molecule has 0 aromatic carbocycles. The van der Waals surface area contributed by atoms with Crippen LogP contribution in [0.4, 0.5) is 0 Å². The van der Waals surface area contributed by atoms with Crippen molar-refractivity contribution in [2.75, 3.05) is 53.6 Å². The highest BCUT2D eigenvalue weighted by Gasteiger charge is 2.31. The van der Waals surface area contributed by atoms with Gasteiger partial charge in [-0.3, -0.25) is 4.79 Å². The highest BCUT2D eigenvalue weighted by atomic mass is 16.5. The van der Waals surface area contributed by atoms with Crippen molar-refractivity contribution in [3.63, 3.8) is 0 Å². The topological polar surface area (TPSA) is 66.2 Å². The van der Waals surface area contributed by atoms with Gasteiger partial charge in [0, 0.05) is 39.9 Å². The highest BCUT2D eigenvalue weighted by Crippen LogP contribution is 2.24. The Morgan fingerprint density at radius 3 is 2.83 bits per heavy atom. The van der Waals surface area contributed by atoms with E-state index in [0.29, 0.717) is 30.4 Å². The van der Waals surface area contributed by atoms with Gasteiger partial charge in [-0.2, -0.15) is 0 Å². The maximum absolute atomic E-state index is 12.7. The number of piperidine rings is 1. The molecule has 2 atom stereocenters. The Labute approximate surface area is 138 Å². The first-order valence-corrected chi connectivity index (χ1v) is 8.16. The summed E-state index contributed by atoms with van der Waals surface area (Å²) in [6.45, 7) is 5.71. The van der Waals surface area contributed by atoms with Crippen LogP contribution >= 0.6 is 0 Å². The maximum atomic E-state index is 12.7. The molecule has 6 nitrogen and oxygen atoms in total. The molecule has 1 aliphatic rings. The summed E-state index contributed by atoms with van der Waals surface area (Å²) in [6, 6.07) is 1.72. The van der Waals surface area contributed by atoms with Crippen LogP contribution in [0.1, 0.15) is 22.5 Å². The number of furan rings is 1. The van der Waals surface area contributed by atoms with Crippen molar-refractivity contribution in [3.8, 4) is 0 Å². The molecule has 1 aromatic rings. The van der Waals surface area contributed by atoms with Crippen LogP contribution in [-0.2, 0) is 4.74 Å². The van der Waals surface area contributed by atoms with E-state index in [-0.39, 0.29) is 18.4 Å². The Bertz CT molecular complexity index is 503. The van der Waals surface area contributed by atoms with E-state index in [1.807, 2.05) is 4.90 Å². The normalized spacial score (nSPS) is 21.9. The van der Waals surface area contributed by atoms with Gasteiger partial charge < -0.3 is 24.1 Å². The molecule has 1 saturated heterocycles. The van der Waals surface area contributed by atoms with Gasteiger partial charge in [0.1, 0.15) is 5.76 Å². The van der Waals surface area contributed by atoms with Gasteiger partial charge in [0.2, 0.25) is 0 Å². The van der Waals surface area contributed by atoms with Gasteiger partial charge in [-0.1, -0.05) is 0 Å². The number of rotatable bonds is 7. The van der Waals surface area contributed by atoms with Gasteiger partial charge in [0.25, 0.3) is 5.91 Å². The quantitative estimate of drug-likeness (QED) is 0.817. The second kappa shape index (κ2) is 8.47. The number of nitrogens with zero attached hydrogens (tertiary/aromatic N) is 2. The van der Waals surface area contributed by atoms with E-state index >= 15 is 0 Å². The van der Waals surface area contributed by atoms with Crippen LogP contribution in [0.25, 0.3) is 0 Å². The standard InChI is InChI=1S/C17H28N2O4/c1-13-16(4-6-23-13)17(21)19-10-14(8-15(11-19)12-20)9-18(2)5-7-22-3/h4,6,14-15,20H,5,7-12H2,1-3H3/t14-,15-/m0/s1. The number of carbonyl (C=O) groups is 1. The third-order valence-corrected chi connectivity index (χ3v) is 4.51. The first kappa shape index (κ1) is 18.0. The minimum atomic E-state index is -0.000977. The van der Waals surface area contributed by atoms with E-state index in [9.17, 15) is 9.90 Å². The summed E-state index contributed by atoms with van der Waals surface area (Å²) in [6.07, 6.45) is 2.49. The summed E-state index contributed by atoms with van der Waals surface area (Å²) in [5.74, 6) is 1.15. The molecule has 0 bridgehead atoms. The average Bonchev–Trinajstić information content (AvgIpc) is 2.97. The van der Waals surface area contributed by atoms with Gasteiger partial charge in [-0.25, -0.2) is 0 Å². The van der Waals surface area contributed by atoms with Crippen LogP contribution in [0.2, 0.25) is 0 Å². The summed E-state index contributed by atoms with van der Waals surface area (Å²) >= 11 is 0. The van der Waals surface area contributed by atoms with Crippen LogP contribution in [0, 0.1) is 18.8 Å². The van der Waals surface area contributed by atoms with Crippen molar-refractivity contribution < 1.29 is 19.1 Å². The Balaban J connectivity index is 2.00. The van der Waals surface area contributed by atoms with Crippen molar-refractivity contribution in [1.82, 2.24) is 9.80 Å². The fraction of sp³-hybridized carbons (Fsp3) is 0.706. The van der Waals surface area contributed by atoms with Crippen LogP contribution < -0.4 is 0 Å². The summed E-state index contributed by atoms with van der Waals surface area (Å²) < 4.78 is 10.4. The number of methoxy groups -OCH3 is 1. The van der Waals surface area contributed by atoms with Crippen LogP contribution in [0.15, 0.2) is 16.7 Å². The molecule has 0 saturated carbocycles. The zero-order valence-electron chi connectivity index (χ0n) is 14.3. The zero-order chi connectivity index (χ0) is 16.8. The number of hydrogen-bond acceptors (Lipinski definition) is 5. The first-order valence-electron chi connectivity index (χ1n) is 8.16. The monoisotopic (exact) mass is 324 g/mol. The molecule has 0 radical (unpaired) electrons. The third kappa shape index (κ3) is 4.80. The molecule has 0 unspecified atom stereocenters. The predicted molar refractivity (Wildman–Crippen MR) is 87.4 cm³/mol. The lowest BCUT2D eigenvalue weighted by Gasteiger charge is -2.38. The molecular formula is C17H28N2O4. The van der Waals surface area contributed by atoms with Crippen molar-refractivity contribution in [2.45, 2.75) is 13.3 Å². The molecule has 2 heterocycles. The van der Waals surface area contributed by atoms with Crippen molar-refractivity contribution >= 4 is 5.91 Å². The number of amides is 1. The molecule has 0 spiro atoms. The minimum Gasteiger partial charge on any atom is -0.469 e. The fourth-order valence-electron chi connectivity index (χ4n) is 3.31.